The second-order valence-corrected chi connectivity index (χ2v) is 3.90. The van der Waals surface area contributed by atoms with Gasteiger partial charge in [-0.1, -0.05) is 0 Å². The molecule has 9 nitrogen and oxygen atoms in total. The molecule has 0 aliphatic carbocycles. The minimum atomic E-state index is 0.406. The molecule has 2 aromatic heterocycles. The Morgan fingerprint density at radius 2 is 2.00 bits per heavy atom. The number of ether oxygens (including phenoxy) is 2. The first-order valence-electron chi connectivity index (χ1n) is 5.86. The number of aromatic nitrogens is 4. The van der Waals surface area contributed by atoms with Gasteiger partial charge in [0.2, 0.25) is 11.6 Å². The van der Waals surface area contributed by atoms with Gasteiger partial charge in [0.25, 0.3) is 0 Å². The highest BCUT2D eigenvalue weighted by Crippen LogP contribution is 2.28. The van der Waals surface area contributed by atoms with Gasteiger partial charge in [-0.25, -0.2) is 20.5 Å². The minimum Gasteiger partial charge on any atom is -0.490 e. The number of hydrogen-bond donors (Lipinski definition) is 3. The van der Waals surface area contributed by atoms with Gasteiger partial charge >= 0.3 is 0 Å². The summed E-state index contributed by atoms with van der Waals surface area (Å²) < 4.78 is 12.0. The number of aryl methyl sites for hydroxylation is 1. The molecule has 0 amide bonds. The van der Waals surface area contributed by atoms with Crippen LogP contribution in [0.25, 0.3) is 0 Å². The zero-order valence-electron chi connectivity index (χ0n) is 11.5. The molecule has 20 heavy (non-hydrogen) atoms. The van der Waals surface area contributed by atoms with Crippen molar-refractivity contribution in [2.75, 3.05) is 25.0 Å². The monoisotopic (exact) mass is 279 g/mol. The molecule has 0 aliphatic rings. The molecular formula is C11H17N7O2. The number of nitrogens with one attached hydrogen (secondary N) is 2. The molecule has 0 aromatic carbocycles. The summed E-state index contributed by atoms with van der Waals surface area (Å²) in [4.78, 5) is 8.08. The average Bonchev–Trinajstić information content (AvgIpc) is 2.84. The van der Waals surface area contributed by atoms with Crippen LogP contribution >= 0.6 is 0 Å². The summed E-state index contributed by atoms with van der Waals surface area (Å²) in [5, 5.41) is 7.42. The van der Waals surface area contributed by atoms with Crippen molar-refractivity contribution in [1.82, 2.24) is 19.7 Å². The predicted molar refractivity (Wildman–Crippen MR) is 73.5 cm³/mol. The topological polar surface area (TPSA) is 112 Å². The lowest BCUT2D eigenvalue weighted by Crippen LogP contribution is -2.12. The molecular weight excluding hydrogens is 262 g/mol. The third kappa shape index (κ3) is 2.72. The standard InChI is InChI=1S/C11H17N7O2/c1-18-8(19-2)4-7(17-18)5-13-10-9(20-3)11(16-12)15-6-14-10/h4,6H,5,12H2,1-3H3,(H2,13,14,15,16). The van der Waals surface area contributed by atoms with E-state index in [0.29, 0.717) is 29.8 Å². The Labute approximate surface area is 116 Å². The molecule has 2 heterocycles. The second-order valence-electron chi connectivity index (χ2n) is 3.90. The summed E-state index contributed by atoms with van der Waals surface area (Å²) >= 11 is 0. The van der Waals surface area contributed by atoms with Gasteiger partial charge in [0.15, 0.2) is 11.6 Å². The molecule has 0 atom stereocenters. The second kappa shape index (κ2) is 6.06. The van der Waals surface area contributed by atoms with Crippen molar-refractivity contribution in [3.8, 4) is 11.6 Å². The summed E-state index contributed by atoms with van der Waals surface area (Å²) in [6, 6.07) is 1.84. The van der Waals surface area contributed by atoms with Gasteiger partial charge in [0, 0.05) is 13.1 Å². The van der Waals surface area contributed by atoms with Crippen molar-refractivity contribution in [3.05, 3.63) is 18.1 Å². The molecule has 2 rings (SSSR count). The van der Waals surface area contributed by atoms with Gasteiger partial charge in [-0.05, 0) is 0 Å². The SMILES string of the molecule is COc1c(NN)ncnc1NCc1cc(OC)n(C)n1. The molecule has 2 aromatic rings. The largest absolute Gasteiger partial charge is 0.490 e. The van der Waals surface area contributed by atoms with Crippen LogP contribution in [0.4, 0.5) is 11.6 Å². The number of nitrogen functional groups attached to an aromatic ring is 1. The van der Waals surface area contributed by atoms with Gasteiger partial charge in [0.05, 0.1) is 26.5 Å². The lowest BCUT2D eigenvalue weighted by atomic mass is 10.4. The fraction of sp³-hybridized carbons (Fsp3) is 0.364. The molecule has 0 aliphatic heterocycles. The van der Waals surface area contributed by atoms with E-state index in [1.807, 2.05) is 13.1 Å². The van der Waals surface area contributed by atoms with Crippen molar-refractivity contribution < 1.29 is 9.47 Å². The number of nitrogens with two attached hydrogens (primary N) is 1. The Hall–Kier alpha value is -2.55. The van der Waals surface area contributed by atoms with E-state index in [4.69, 9.17) is 15.3 Å². The molecule has 4 N–H and O–H groups in total. The van der Waals surface area contributed by atoms with Gasteiger partial charge in [-0.2, -0.15) is 5.10 Å². The number of hydrazine groups is 1. The smallest absolute Gasteiger partial charge is 0.211 e. The van der Waals surface area contributed by atoms with E-state index in [-0.39, 0.29) is 0 Å². The van der Waals surface area contributed by atoms with Crippen LogP contribution in [0.5, 0.6) is 11.6 Å². The van der Waals surface area contributed by atoms with E-state index in [0.717, 1.165) is 5.69 Å². The van der Waals surface area contributed by atoms with E-state index in [9.17, 15) is 0 Å². The van der Waals surface area contributed by atoms with E-state index in [2.05, 4.69) is 25.8 Å². The van der Waals surface area contributed by atoms with Crippen molar-refractivity contribution >= 4 is 11.6 Å². The Morgan fingerprint density at radius 3 is 2.60 bits per heavy atom. The van der Waals surface area contributed by atoms with E-state index in [1.165, 1.54) is 13.4 Å². The van der Waals surface area contributed by atoms with E-state index >= 15 is 0 Å². The first kappa shape index (κ1) is 13.9. The van der Waals surface area contributed by atoms with Crippen LogP contribution in [0.15, 0.2) is 12.4 Å². The van der Waals surface area contributed by atoms with Crippen LogP contribution in [0.3, 0.4) is 0 Å². The summed E-state index contributed by atoms with van der Waals surface area (Å²) in [7, 11) is 4.93. The molecule has 0 fully saturated rings. The molecule has 0 bridgehead atoms. The Balaban J connectivity index is 2.14. The Morgan fingerprint density at radius 1 is 1.25 bits per heavy atom. The maximum atomic E-state index is 5.36. The van der Waals surface area contributed by atoms with Crippen LogP contribution in [-0.4, -0.2) is 34.0 Å². The maximum Gasteiger partial charge on any atom is 0.211 e. The summed E-state index contributed by atoms with van der Waals surface area (Å²) in [6.07, 6.45) is 1.39. The molecule has 0 saturated heterocycles. The van der Waals surface area contributed by atoms with Crippen molar-refractivity contribution in [1.29, 1.82) is 0 Å². The van der Waals surface area contributed by atoms with Crippen molar-refractivity contribution in [3.63, 3.8) is 0 Å². The van der Waals surface area contributed by atoms with Crippen LogP contribution in [0, 0.1) is 0 Å². The zero-order valence-corrected chi connectivity index (χ0v) is 11.5. The third-order valence-corrected chi connectivity index (χ3v) is 2.68. The molecule has 9 heteroatoms. The van der Waals surface area contributed by atoms with Gasteiger partial charge < -0.3 is 20.2 Å². The first-order chi connectivity index (χ1) is 9.69. The minimum absolute atomic E-state index is 0.406. The summed E-state index contributed by atoms with van der Waals surface area (Å²) in [5.74, 6) is 7.42. The van der Waals surface area contributed by atoms with Crippen LogP contribution in [0.1, 0.15) is 5.69 Å². The first-order valence-corrected chi connectivity index (χ1v) is 5.86. The van der Waals surface area contributed by atoms with Crippen LogP contribution < -0.4 is 26.1 Å². The highest BCUT2D eigenvalue weighted by molar-refractivity contribution is 5.63. The highest BCUT2D eigenvalue weighted by atomic mass is 16.5. The molecule has 0 unspecified atom stereocenters. The van der Waals surface area contributed by atoms with Crippen molar-refractivity contribution in [2.45, 2.75) is 6.54 Å². The zero-order chi connectivity index (χ0) is 14.5. The van der Waals surface area contributed by atoms with Gasteiger partial charge in [-0.3, -0.25) is 0 Å². The summed E-state index contributed by atoms with van der Waals surface area (Å²) in [5.41, 5.74) is 3.26. The quantitative estimate of drug-likeness (QED) is 0.505. The fourth-order valence-electron chi connectivity index (χ4n) is 1.75. The number of anilines is 2. The van der Waals surface area contributed by atoms with Crippen LogP contribution in [0.2, 0.25) is 0 Å². The molecule has 0 saturated carbocycles. The van der Waals surface area contributed by atoms with Crippen molar-refractivity contribution in [2.24, 2.45) is 12.9 Å². The Bertz CT molecular complexity index is 584. The van der Waals surface area contributed by atoms with E-state index < -0.39 is 0 Å². The Kier molecular flexibility index (Phi) is 4.20. The predicted octanol–water partition coefficient (Wildman–Crippen LogP) is 0.125. The third-order valence-electron chi connectivity index (χ3n) is 2.68. The molecule has 0 spiro atoms. The van der Waals surface area contributed by atoms with Crippen LogP contribution in [-0.2, 0) is 13.6 Å². The number of hydrogen-bond acceptors (Lipinski definition) is 8. The highest BCUT2D eigenvalue weighted by Gasteiger charge is 2.12. The number of nitrogens with zero attached hydrogens (tertiary/aromatic N) is 4. The fourth-order valence-corrected chi connectivity index (χ4v) is 1.75. The average molecular weight is 279 g/mol. The number of rotatable bonds is 6. The normalized spacial score (nSPS) is 10.2. The number of methoxy groups -OCH3 is 2. The maximum absolute atomic E-state index is 5.36. The van der Waals surface area contributed by atoms with Gasteiger partial charge in [0.1, 0.15) is 6.33 Å². The molecule has 108 valence electrons. The van der Waals surface area contributed by atoms with Gasteiger partial charge in [-0.15, -0.1) is 0 Å². The summed E-state index contributed by atoms with van der Waals surface area (Å²) in [6.45, 7) is 0.467. The lowest BCUT2D eigenvalue weighted by Gasteiger charge is -2.11. The lowest BCUT2D eigenvalue weighted by molar-refractivity contribution is 0.373. The molecule has 0 radical (unpaired) electrons. The van der Waals surface area contributed by atoms with E-state index in [1.54, 1.807) is 11.8 Å².